The third-order valence-electron chi connectivity index (χ3n) is 3.39. The molecule has 0 fully saturated rings. The van der Waals surface area contributed by atoms with Crippen molar-refractivity contribution in [3.8, 4) is 0 Å². The molecule has 0 saturated carbocycles. The van der Waals surface area contributed by atoms with Gasteiger partial charge in [0.25, 0.3) is 0 Å². The Balaban J connectivity index is 2.48. The minimum atomic E-state index is -0.829. The first-order chi connectivity index (χ1) is 9.73. The molecule has 0 saturated heterocycles. The molecule has 2 atom stereocenters. The molecule has 1 aromatic rings. The summed E-state index contributed by atoms with van der Waals surface area (Å²) in [6, 6.07) is 6.81. The standard InChI is InChI=1S/C16H24ClNO3/c1-11(10-16(2,3)21-4)18-15(20)9-14(19)12-5-7-13(17)8-6-12/h5-8,11,14,19H,9-10H2,1-4H3,(H,18,20). The Hall–Kier alpha value is -1.10. The second-order valence-electron chi connectivity index (χ2n) is 5.91. The van der Waals surface area contributed by atoms with E-state index in [1.807, 2.05) is 20.8 Å². The summed E-state index contributed by atoms with van der Waals surface area (Å²) in [5.74, 6) is -0.183. The van der Waals surface area contributed by atoms with Gasteiger partial charge in [-0.1, -0.05) is 23.7 Å². The van der Waals surface area contributed by atoms with Gasteiger partial charge in [-0.2, -0.15) is 0 Å². The van der Waals surface area contributed by atoms with Crippen LogP contribution in [0.1, 0.15) is 45.3 Å². The molecule has 0 spiro atoms. The highest BCUT2D eigenvalue weighted by Gasteiger charge is 2.22. The molecule has 2 N–H and O–H groups in total. The van der Waals surface area contributed by atoms with Crippen molar-refractivity contribution in [1.82, 2.24) is 5.32 Å². The van der Waals surface area contributed by atoms with Gasteiger partial charge < -0.3 is 15.2 Å². The maximum atomic E-state index is 11.9. The molecule has 21 heavy (non-hydrogen) atoms. The second-order valence-corrected chi connectivity index (χ2v) is 6.34. The van der Waals surface area contributed by atoms with E-state index in [0.29, 0.717) is 17.0 Å². The quantitative estimate of drug-likeness (QED) is 0.813. The number of nitrogens with one attached hydrogen (secondary N) is 1. The Morgan fingerprint density at radius 2 is 1.95 bits per heavy atom. The van der Waals surface area contributed by atoms with Crippen molar-refractivity contribution in [2.45, 2.75) is 51.4 Å². The summed E-state index contributed by atoms with van der Waals surface area (Å²) in [6.45, 7) is 5.86. The first-order valence-corrected chi connectivity index (χ1v) is 7.39. The monoisotopic (exact) mass is 313 g/mol. The van der Waals surface area contributed by atoms with Gasteiger partial charge in [-0.05, 0) is 44.9 Å². The van der Waals surface area contributed by atoms with E-state index in [4.69, 9.17) is 16.3 Å². The van der Waals surface area contributed by atoms with Crippen LogP contribution >= 0.6 is 11.6 Å². The van der Waals surface area contributed by atoms with Crippen molar-refractivity contribution in [1.29, 1.82) is 0 Å². The highest BCUT2D eigenvalue weighted by atomic mass is 35.5. The van der Waals surface area contributed by atoms with Crippen molar-refractivity contribution in [2.75, 3.05) is 7.11 Å². The summed E-state index contributed by atoms with van der Waals surface area (Å²) >= 11 is 5.79. The van der Waals surface area contributed by atoms with Crippen molar-refractivity contribution >= 4 is 17.5 Å². The third kappa shape index (κ3) is 6.46. The maximum Gasteiger partial charge on any atom is 0.223 e. The molecule has 5 heteroatoms. The number of aliphatic hydroxyl groups excluding tert-OH is 1. The summed E-state index contributed by atoms with van der Waals surface area (Å²) in [5.41, 5.74) is 0.390. The zero-order valence-corrected chi connectivity index (χ0v) is 13.8. The first kappa shape index (κ1) is 18.0. The number of hydrogen-bond donors (Lipinski definition) is 2. The van der Waals surface area contributed by atoms with Gasteiger partial charge in [-0.3, -0.25) is 4.79 Å². The predicted molar refractivity (Wildman–Crippen MR) is 84.3 cm³/mol. The fourth-order valence-electron chi connectivity index (χ4n) is 2.18. The van der Waals surface area contributed by atoms with E-state index in [1.165, 1.54) is 0 Å². The third-order valence-corrected chi connectivity index (χ3v) is 3.64. The van der Waals surface area contributed by atoms with Crippen LogP contribution in [0, 0.1) is 0 Å². The minimum Gasteiger partial charge on any atom is -0.388 e. The van der Waals surface area contributed by atoms with Crippen LogP contribution in [-0.4, -0.2) is 29.8 Å². The van der Waals surface area contributed by atoms with Gasteiger partial charge in [-0.15, -0.1) is 0 Å². The number of rotatable bonds is 7. The number of carbonyl (C=O) groups excluding carboxylic acids is 1. The van der Waals surface area contributed by atoms with Crippen molar-refractivity contribution in [2.24, 2.45) is 0 Å². The highest BCUT2D eigenvalue weighted by molar-refractivity contribution is 6.30. The summed E-state index contributed by atoms with van der Waals surface area (Å²) in [4.78, 5) is 11.9. The number of amides is 1. The molecule has 4 nitrogen and oxygen atoms in total. The fourth-order valence-corrected chi connectivity index (χ4v) is 2.31. The number of methoxy groups -OCH3 is 1. The van der Waals surface area contributed by atoms with Crippen LogP contribution < -0.4 is 5.32 Å². The highest BCUT2D eigenvalue weighted by Crippen LogP contribution is 2.20. The average Bonchev–Trinajstić information content (AvgIpc) is 2.38. The van der Waals surface area contributed by atoms with Gasteiger partial charge in [-0.25, -0.2) is 0 Å². The lowest BCUT2D eigenvalue weighted by Gasteiger charge is -2.27. The van der Waals surface area contributed by atoms with Crippen molar-refractivity contribution < 1.29 is 14.6 Å². The van der Waals surface area contributed by atoms with Crippen LogP contribution in [0.5, 0.6) is 0 Å². The number of ether oxygens (including phenoxy) is 1. The molecule has 0 bridgehead atoms. The van der Waals surface area contributed by atoms with Crippen LogP contribution in [0.3, 0.4) is 0 Å². The molecule has 0 aliphatic rings. The summed E-state index contributed by atoms with van der Waals surface area (Å²) in [6.07, 6.45) is -0.101. The van der Waals surface area contributed by atoms with E-state index in [-0.39, 0.29) is 24.0 Å². The molecule has 0 aliphatic heterocycles. The van der Waals surface area contributed by atoms with Gasteiger partial charge >= 0.3 is 0 Å². The summed E-state index contributed by atoms with van der Waals surface area (Å²) in [7, 11) is 1.65. The van der Waals surface area contributed by atoms with E-state index >= 15 is 0 Å². The molecule has 0 aliphatic carbocycles. The molecule has 2 unspecified atom stereocenters. The van der Waals surface area contributed by atoms with Crippen LogP contribution in [-0.2, 0) is 9.53 Å². The lowest BCUT2D eigenvalue weighted by molar-refractivity contribution is -0.124. The van der Waals surface area contributed by atoms with Gasteiger partial charge in [0.15, 0.2) is 0 Å². The molecule has 1 rings (SSSR count). The van der Waals surface area contributed by atoms with Crippen LogP contribution in [0.15, 0.2) is 24.3 Å². The van der Waals surface area contributed by atoms with E-state index in [0.717, 1.165) is 0 Å². The predicted octanol–water partition coefficient (Wildman–Crippen LogP) is 3.08. The lowest BCUT2D eigenvalue weighted by atomic mass is 9.99. The maximum absolute atomic E-state index is 11.9. The summed E-state index contributed by atoms with van der Waals surface area (Å²) < 4.78 is 5.34. The van der Waals surface area contributed by atoms with Gasteiger partial charge in [0, 0.05) is 18.2 Å². The Bertz CT molecular complexity index is 459. The molecule has 0 heterocycles. The van der Waals surface area contributed by atoms with Crippen LogP contribution in [0.4, 0.5) is 0 Å². The number of benzene rings is 1. The van der Waals surface area contributed by atoms with E-state index in [1.54, 1.807) is 31.4 Å². The Labute approximate surface area is 131 Å². The largest absolute Gasteiger partial charge is 0.388 e. The summed E-state index contributed by atoms with van der Waals surface area (Å²) in [5, 5.41) is 13.5. The molecule has 118 valence electrons. The van der Waals surface area contributed by atoms with Crippen molar-refractivity contribution in [3.63, 3.8) is 0 Å². The normalized spacial score (nSPS) is 14.6. The van der Waals surface area contributed by atoms with Crippen LogP contribution in [0.25, 0.3) is 0 Å². The number of halogens is 1. The van der Waals surface area contributed by atoms with E-state index in [9.17, 15) is 9.90 Å². The van der Waals surface area contributed by atoms with Gasteiger partial charge in [0.2, 0.25) is 5.91 Å². The Kier molecular flexibility index (Phi) is 6.65. The Morgan fingerprint density at radius 1 is 1.38 bits per heavy atom. The van der Waals surface area contributed by atoms with Gasteiger partial charge in [0.05, 0.1) is 18.1 Å². The van der Waals surface area contributed by atoms with Crippen LogP contribution in [0.2, 0.25) is 5.02 Å². The SMILES string of the molecule is COC(C)(C)CC(C)NC(=O)CC(O)c1ccc(Cl)cc1. The zero-order valence-electron chi connectivity index (χ0n) is 13.0. The average molecular weight is 314 g/mol. The number of aliphatic hydroxyl groups is 1. The minimum absolute atomic E-state index is 0.0233. The molecule has 1 aromatic carbocycles. The zero-order chi connectivity index (χ0) is 16.0. The molecule has 1 amide bonds. The van der Waals surface area contributed by atoms with E-state index < -0.39 is 6.10 Å². The lowest BCUT2D eigenvalue weighted by Crippen LogP contribution is -2.39. The molecular weight excluding hydrogens is 290 g/mol. The number of hydrogen-bond acceptors (Lipinski definition) is 3. The second kappa shape index (κ2) is 7.78. The van der Waals surface area contributed by atoms with Crippen molar-refractivity contribution in [3.05, 3.63) is 34.9 Å². The fraction of sp³-hybridized carbons (Fsp3) is 0.562. The molecular formula is C16H24ClNO3. The topological polar surface area (TPSA) is 58.6 Å². The molecule has 0 radical (unpaired) electrons. The van der Waals surface area contributed by atoms with Gasteiger partial charge in [0.1, 0.15) is 0 Å². The Morgan fingerprint density at radius 3 is 2.48 bits per heavy atom. The molecule has 0 aromatic heterocycles. The first-order valence-electron chi connectivity index (χ1n) is 7.01. The number of carbonyl (C=O) groups is 1. The van der Waals surface area contributed by atoms with E-state index in [2.05, 4.69) is 5.32 Å². The smallest absolute Gasteiger partial charge is 0.223 e.